The van der Waals surface area contributed by atoms with Gasteiger partial charge >= 0.3 is 6.03 Å². The fourth-order valence-electron chi connectivity index (χ4n) is 4.41. The first-order valence-corrected chi connectivity index (χ1v) is 11.1. The standard InChI is InChI=1S/C24H18Cl3N3O/c25-19-8-4-3-7-17(19)23-18-11-9-14-5-1-2-6-16(14)22(18)29-30(23)24(31)28-15-10-12-20(26)21(27)13-15/h1-8,10,12-13,18,23H,9,11H2,(H,28,31)/t18-,23+/m1/s1. The third-order valence-corrected chi connectivity index (χ3v) is 6.92. The number of urea groups is 1. The van der Waals surface area contributed by atoms with Crippen LogP contribution in [0.2, 0.25) is 15.1 Å². The van der Waals surface area contributed by atoms with Crippen LogP contribution in [0.5, 0.6) is 0 Å². The van der Waals surface area contributed by atoms with E-state index in [9.17, 15) is 4.79 Å². The van der Waals surface area contributed by atoms with Gasteiger partial charge in [-0.25, -0.2) is 9.80 Å². The van der Waals surface area contributed by atoms with E-state index >= 15 is 0 Å². The van der Waals surface area contributed by atoms with Crippen LogP contribution < -0.4 is 5.32 Å². The van der Waals surface area contributed by atoms with E-state index in [2.05, 4.69) is 17.4 Å². The molecule has 5 rings (SSSR count). The summed E-state index contributed by atoms with van der Waals surface area (Å²) in [6.07, 6.45) is 1.82. The first-order valence-electron chi connectivity index (χ1n) is 9.99. The van der Waals surface area contributed by atoms with E-state index in [1.165, 1.54) is 10.6 Å². The molecule has 1 heterocycles. The smallest absolute Gasteiger partial charge is 0.306 e. The van der Waals surface area contributed by atoms with Crippen molar-refractivity contribution < 1.29 is 4.79 Å². The molecule has 2 atom stereocenters. The van der Waals surface area contributed by atoms with Crippen LogP contribution in [0.1, 0.15) is 29.2 Å². The van der Waals surface area contributed by atoms with Crippen LogP contribution in [0.3, 0.4) is 0 Å². The van der Waals surface area contributed by atoms with Gasteiger partial charge in [-0.05, 0) is 48.2 Å². The minimum absolute atomic E-state index is 0.0642. The van der Waals surface area contributed by atoms with E-state index in [0.29, 0.717) is 20.8 Å². The van der Waals surface area contributed by atoms with Gasteiger partial charge in [-0.3, -0.25) is 0 Å². The van der Waals surface area contributed by atoms with E-state index in [4.69, 9.17) is 39.9 Å². The second kappa shape index (κ2) is 8.19. The van der Waals surface area contributed by atoms with Gasteiger partial charge in [-0.2, -0.15) is 5.10 Å². The predicted octanol–water partition coefficient (Wildman–Crippen LogP) is 7.20. The molecule has 7 heteroatoms. The van der Waals surface area contributed by atoms with Gasteiger partial charge in [0, 0.05) is 22.2 Å². The monoisotopic (exact) mass is 469 g/mol. The summed E-state index contributed by atoms with van der Waals surface area (Å²) < 4.78 is 0. The van der Waals surface area contributed by atoms with E-state index in [0.717, 1.165) is 29.7 Å². The maximum atomic E-state index is 13.3. The predicted molar refractivity (Wildman–Crippen MR) is 126 cm³/mol. The lowest BCUT2D eigenvalue weighted by molar-refractivity contribution is 0.188. The number of halogens is 3. The van der Waals surface area contributed by atoms with Crippen LogP contribution in [-0.2, 0) is 6.42 Å². The molecule has 3 aromatic carbocycles. The van der Waals surface area contributed by atoms with Crippen LogP contribution in [0, 0.1) is 5.92 Å². The Hall–Kier alpha value is -2.53. The molecule has 0 fully saturated rings. The van der Waals surface area contributed by atoms with Gasteiger partial charge in [-0.15, -0.1) is 0 Å². The van der Waals surface area contributed by atoms with Gasteiger partial charge < -0.3 is 5.32 Å². The molecule has 0 aromatic heterocycles. The average Bonchev–Trinajstić information content (AvgIpc) is 3.17. The van der Waals surface area contributed by atoms with Crippen molar-refractivity contribution in [3.8, 4) is 0 Å². The number of carbonyl (C=O) groups is 1. The largest absolute Gasteiger partial charge is 0.342 e. The Balaban J connectivity index is 1.55. The molecule has 0 saturated carbocycles. The highest BCUT2D eigenvalue weighted by Gasteiger charge is 2.44. The first kappa shape index (κ1) is 20.4. The van der Waals surface area contributed by atoms with Crippen LogP contribution in [0.4, 0.5) is 10.5 Å². The maximum absolute atomic E-state index is 13.3. The first-order chi connectivity index (χ1) is 15.0. The Kier molecular flexibility index (Phi) is 5.39. The lowest BCUT2D eigenvalue weighted by atomic mass is 9.77. The number of nitrogens with zero attached hydrogens (tertiary/aromatic N) is 2. The Morgan fingerprint density at radius 3 is 2.52 bits per heavy atom. The molecular weight excluding hydrogens is 453 g/mol. The Labute approximate surface area is 195 Å². The minimum atomic E-state index is -0.345. The van der Waals surface area contributed by atoms with Crippen LogP contribution in [-0.4, -0.2) is 16.8 Å². The summed E-state index contributed by atoms with van der Waals surface area (Å²) in [7, 11) is 0. The van der Waals surface area contributed by atoms with Crippen molar-refractivity contribution in [2.45, 2.75) is 18.9 Å². The van der Waals surface area contributed by atoms with Crippen molar-refractivity contribution in [2.24, 2.45) is 11.0 Å². The zero-order valence-electron chi connectivity index (χ0n) is 16.4. The number of amides is 2. The minimum Gasteiger partial charge on any atom is -0.306 e. The zero-order valence-corrected chi connectivity index (χ0v) is 18.6. The molecule has 2 aliphatic rings. The molecule has 1 aliphatic heterocycles. The highest BCUT2D eigenvalue weighted by molar-refractivity contribution is 6.42. The van der Waals surface area contributed by atoms with Gasteiger partial charge in [0.15, 0.2) is 0 Å². The summed E-state index contributed by atoms with van der Waals surface area (Å²) in [5, 5.41) is 10.6. The number of hydrogen-bond donors (Lipinski definition) is 1. The van der Waals surface area contributed by atoms with Gasteiger partial charge in [-0.1, -0.05) is 77.3 Å². The van der Waals surface area contributed by atoms with Crippen molar-refractivity contribution in [1.29, 1.82) is 0 Å². The van der Waals surface area contributed by atoms with Crippen molar-refractivity contribution >= 4 is 52.2 Å². The highest BCUT2D eigenvalue weighted by Crippen LogP contribution is 2.45. The number of anilines is 1. The number of benzene rings is 3. The summed E-state index contributed by atoms with van der Waals surface area (Å²) in [6.45, 7) is 0. The lowest BCUT2D eigenvalue weighted by Crippen LogP contribution is -2.35. The molecular formula is C24H18Cl3N3O. The Morgan fingerprint density at radius 1 is 0.935 bits per heavy atom. The zero-order chi connectivity index (χ0) is 21.5. The van der Waals surface area contributed by atoms with Crippen LogP contribution >= 0.6 is 34.8 Å². The third-order valence-electron chi connectivity index (χ3n) is 5.83. The topological polar surface area (TPSA) is 44.7 Å². The van der Waals surface area contributed by atoms with Crippen molar-refractivity contribution in [1.82, 2.24) is 5.01 Å². The maximum Gasteiger partial charge on any atom is 0.342 e. The molecule has 0 radical (unpaired) electrons. The highest BCUT2D eigenvalue weighted by atomic mass is 35.5. The molecule has 0 bridgehead atoms. The van der Waals surface area contributed by atoms with E-state index < -0.39 is 0 Å². The lowest BCUT2D eigenvalue weighted by Gasteiger charge is -2.30. The normalized spacial score (nSPS) is 19.5. The summed E-state index contributed by atoms with van der Waals surface area (Å²) in [5.74, 6) is 0.0642. The fourth-order valence-corrected chi connectivity index (χ4v) is 4.96. The average molecular weight is 471 g/mol. The molecule has 3 aromatic rings. The van der Waals surface area contributed by atoms with E-state index in [-0.39, 0.29) is 18.0 Å². The second-order valence-corrected chi connectivity index (χ2v) is 8.88. The summed E-state index contributed by atoms with van der Waals surface area (Å²) >= 11 is 18.7. The molecule has 1 aliphatic carbocycles. The van der Waals surface area contributed by atoms with E-state index in [1.54, 1.807) is 18.2 Å². The van der Waals surface area contributed by atoms with Crippen LogP contribution in [0.15, 0.2) is 71.8 Å². The van der Waals surface area contributed by atoms with E-state index in [1.807, 2.05) is 36.4 Å². The summed E-state index contributed by atoms with van der Waals surface area (Å²) in [4.78, 5) is 13.3. The SMILES string of the molecule is O=C(Nc1ccc(Cl)c(Cl)c1)N1N=C2c3ccccc3CC[C@H]2[C@@H]1c1ccccc1Cl. The molecule has 0 spiro atoms. The quantitative estimate of drug-likeness (QED) is 0.423. The fraction of sp³-hybridized carbons (Fsp3) is 0.167. The number of hydrazone groups is 1. The number of hydrogen-bond acceptors (Lipinski definition) is 2. The molecule has 0 saturated heterocycles. The number of fused-ring (bicyclic) bond motifs is 3. The van der Waals surface area contributed by atoms with Crippen LogP contribution in [0.25, 0.3) is 0 Å². The van der Waals surface area contributed by atoms with Gasteiger partial charge in [0.2, 0.25) is 0 Å². The Bertz CT molecular complexity index is 1210. The molecule has 2 amide bonds. The number of carbonyl (C=O) groups excluding carboxylic acids is 1. The van der Waals surface area contributed by atoms with Crippen molar-refractivity contribution in [3.05, 3.63) is 98.5 Å². The van der Waals surface area contributed by atoms with Gasteiger partial charge in [0.05, 0.1) is 21.8 Å². The van der Waals surface area contributed by atoms with Gasteiger partial charge in [0.25, 0.3) is 0 Å². The van der Waals surface area contributed by atoms with Crippen molar-refractivity contribution in [3.63, 3.8) is 0 Å². The molecule has 31 heavy (non-hydrogen) atoms. The molecule has 4 nitrogen and oxygen atoms in total. The summed E-state index contributed by atoms with van der Waals surface area (Å²) in [5.41, 5.74) is 4.71. The molecule has 1 N–H and O–H groups in total. The van der Waals surface area contributed by atoms with Gasteiger partial charge in [0.1, 0.15) is 0 Å². The number of aryl methyl sites for hydroxylation is 1. The molecule has 156 valence electrons. The number of nitrogens with one attached hydrogen (secondary N) is 1. The third kappa shape index (κ3) is 3.69. The Morgan fingerprint density at radius 2 is 1.71 bits per heavy atom. The number of rotatable bonds is 2. The summed E-state index contributed by atoms with van der Waals surface area (Å²) in [6, 6.07) is 20.2. The van der Waals surface area contributed by atoms with Crippen molar-refractivity contribution in [2.75, 3.05) is 5.32 Å². The molecule has 0 unspecified atom stereocenters. The second-order valence-electron chi connectivity index (χ2n) is 7.66.